The average Bonchev–Trinajstić information content (AvgIpc) is 2.28. The van der Waals surface area contributed by atoms with Crippen LogP contribution >= 0.6 is 0 Å². The summed E-state index contributed by atoms with van der Waals surface area (Å²) in [5, 5.41) is 1.09. The van der Waals surface area contributed by atoms with Crippen LogP contribution in [0.1, 0.15) is 0 Å². The van der Waals surface area contributed by atoms with Crippen LogP contribution in [0.4, 0.5) is 0 Å². The number of nitrogens with zero attached hydrogens (tertiary/aromatic N) is 1. The predicted octanol–water partition coefficient (Wildman–Crippen LogP) is 1.05. The summed E-state index contributed by atoms with van der Waals surface area (Å²) in [6, 6.07) is 5.83. The normalized spacial score (nSPS) is 10.4. The Bertz CT molecular complexity index is 499. The molecular weight excluding hydrogens is 185 g/mol. The Labute approximate surface area is 97.6 Å². The molecule has 15 heavy (non-hydrogen) atoms. The van der Waals surface area contributed by atoms with Gasteiger partial charge >= 0.3 is 97.4 Å². The molecule has 0 amide bonds. The molecule has 1 heterocycles. The van der Waals surface area contributed by atoms with Gasteiger partial charge in [0.25, 0.3) is 0 Å². The third-order valence-corrected chi connectivity index (χ3v) is 2.46. The maximum atomic E-state index is 5.25. The van der Waals surface area contributed by atoms with Crippen molar-refractivity contribution in [3.8, 4) is 11.5 Å². The fourth-order valence-corrected chi connectivity index (χ4v) is 1.61. The average molecular weight is 195 g/mol. The number of rotatable bonds is 2. The van der Waals surface area contributed by atoms with Crippen molar-refractivity contribution < 1.29 is 9.47 Å². The van der Waals surface area contributed by atoms with Gasteiger partial charge in [0.1, 0.15) is 0 Å². The van der Waals surface area contributed by atoms with E-state index in [2.05, 4.69) is 22.7 Å². The van der Waals surface area contributed by atoms with Crippen LogP contribution in [0.25, 0.3) is 10.9 Å². The molecule has 1 aromatic heterocycles. The number of aromatic nitrogens is 1. The zero-order valence-electron chi connectivity index (χ0n) is 9.07. The second kappa shape index (κ2) is 4.14. The SMILES string of the molecule is [Li][c]1ccnc2cc(OC)c(OC)cc12. The molecule has 2 aromatic rings. The van der Waals surface area contributed by atoms with Gasteiger partial charge in [0.15, 0.2) is 0 Å². The van der Waals surface area contributed by atoms with Gasteiger partial charge < -0.3 is 0 Å². The zero-order valence-corrected chi connectivity index (χ0v) is 9.07. The van der Waals surface area contributed by atoms with Gasteiger partial charge in [-0.25, -0.2) is 0 Å². The first-order valence-corrected chi connectivity index (χ1v) is 4.73. The number of fused-ring (bicyclic) bond motifs is 1. The molecule has 4 heteroatoms. The molecule has 0 N–H and O–H groups in total. The number of pyridine rings is 1. The maximum absolute atomic E-state index is 5.25. The van der Waals surface area contributed by atoms with E-state index in [1.807, 2.05) is 18.2 Å². The van der Waals surface area contributed by atoms with Gasteiger partial charge in [-0.1, -0.05) is 0 Å². The van der Waals surface area contributed by atoms with Crippen molar-refractivity contribution in [3.63, 3.8) is 0 Å². The molecule has 1 aromatic carbocycles. The predicted molar refractivity (Wildman–Crippen MR) is 60.2 cm³/mol. The van der Waals surface area contributed by atoms with Crippen molar-refractivity contribution in [1.82, 2.24) is 4.98 Å². The third kappa shape index (κ3) is 1.81. The van der Waals surface area contributed by atoms with E-state index < -0.39 is 0 Å². The minimum atomic E-state index is 0.711. The summed E-state index contributed by atoms with van der Waals surface area (Å²) in [6.07, 6.45) is 1.80. The van der Waals surface area contributed by atoms with E-state index in [4.69, 9.17) is 9.47 Å². The summed E-state index contributed by atoms with van der Waals surface area (Å²) < 4.78 is 11.6. The van der Waals surface area contributed by atoms with Gasteiger partial charge in [0.2, 0.25) is 0 Å². The molecule has 0 aliphatic heterocycles. The molecule has 0 unspecified atom stereocenters. The van der Waals surface area contributed by atoms with Crippen molar-refractivity contribution in [1.29, 1.82) is 0 Å². The Morgan fingerprint density at radius 1 is 1.13 bits per heavy atom. The molecule has 0 radical (unpaired) electrons. The molecule has 2 rings (SSSR count). The van der Waals surface area contributed by atoms with Gasteiger partial charge in [-0.05, 0) is 0 Å². The Hall–Kier alpha value is -1.17. The van der Waals surface area contributed by atoms with Crippen LogP contribution in [0.15, 0.2) is 24.4 Å². The summed E-state index contributed by atoms with van der Waals surface area (Å²) in [4.78, 5) is 4.29. The first-order chi connectivity index (χ1) is 7.26. The fourth-order valence-electron chi connectivity index (χ4n) is 1.61. The monoisotopic (exact) mass is 195 g/mol. The second-order valence-electron chi connectivity index (χ2n) is 3.35. The quantitative estimate of drug-likeness (QED) is 0.671. The second-order valence-corrected chi connectivity index (χ2v) is 3.35. The zero-order chi connectivity index (χ0) is 10.8. The van der Waals surface area contributed by atoms with Crippen molar-refractivity contribution in [2.75, 3.05) is 14.2 Å². The van der Waals surface area contributed by atoms with E-state index >= 15 is 0 Å². The van der Waals surface area contributed by atoms with Crippen LogP contribution < -0.4 is 13.7 Å². The van der Waals surface area contributed by atoms with Gasteiger partial charge in [0, 0.05) is 0 Å². The minimum absolute atomic E-state index is 0.711. The van der Waals surface area contributed by atoms with Crippen molar-refractivity contribution in [3.05, 3.63) is 24.4 Å². The van der Waals surface area contributed by atoms with Crippen LogP contribution in [-0.2, 0) is 0 Å². The number of methoxy groups -OCH3 is 2. The van der Waals surface area contributed by atoms with Crippen LogP contribution in [-0.4, -0.2) is 36.9 Å². The number of hydrogen-bond donors (Lipinski definition) is 0. The van der Waals surface area contributed by atoms with Crippen LogP contribution in [0.5, 0.6) is 11.5 Å². The Kier molecular flexibility index (Phi) is 2.85. The molecule has 0 saturated heterocycles. The van der Waals surface area contributed by atoms with E-state index in [0.29, 0.717) is 5.75 Å². The molecule has 0 aliphatic rings. The van der Waals surface area contributed by atoms with Gasteiger partial charge in [-0.15, -0.1) is 0 Å². The Morgan fingerprint density at radius 3 is 2.47 bits per heavy atom. The third-order valence-electron chi connectivity index (χ3n) is 2.46. The molecule has 0 spiro atoms. The molecule has 0 fully saturated rings. The van der Waals surface area contributed by atoms with E-state index in [9.17, 15) is 0 Å². The number of hydrogen-bond acceptors (Lipinski definition) is 3. The molecule has 72 valence electrons. The van der Waals surface area contributed by atoms with E-state index in [1.165, 1.54) is 4.24 Å². The first-order valence-electron chi connectivity index (χ1n) is 4.73. The van der Waals surface area contributed by atoms with Gasteiger partial charge in [-0.2, -0.15) is 0 Å². The number of ether oxygens (including phenoxy) is 2. The first kappa shape index (κ1) is 10.3. The topological polar surface area (TPSA) is 31.4 Å². The molecular formula is C11H10LiNO2. The summed E-state index contributed by atoms with van der Waals surface area (Å²) in [6.45, 7) is 0. The van der Waals surface area contributed by atoms with Crippen LogP contribution in [0.3, 0.4) is 0 Å². The van der Waals surface area contributed by atoms with E-state index in [1.54, 1.807) is 20.4 Å². The summed E-state index contributed by atoms with van der Waals surface area (Å²) in [5.74, 6) is 1.45. The van der Waals surface area contributed by atoms with Crippen molar-refractivity contribution in [2.45, 2.75) is 0 Å². The van der Waals surface area contributed by atoms with E-state index in [-0.39, 0.29) is 0 Å². The molecule has 0 saturated carbocycles. The number of benzene rings is 1. The van der Waals surface area contributed by atoms with E-state index in [0.717, 1.165) is 16.7 Å². The summed E-state index contributed by atoms with van der Waals surface area (Å²) >= 11 is 2.05. The standard InChI is InChI=1S/C11H10NO2.Li/c1-13-10-6-8-4-3-5-12-9(8)7-11(10)14-2;/h3,5-7H,1-2H3;. The molecule has 0 bridgehead atoms. The van der Waals surface area contributed by atoms with Crippen LogP contribution in [0, 0.1) is 0 Å². The van der Waals surface area contributed by atoms with Gasteiger partial charge in [0.05, 0.1) is 0 Å². The molecule has 0 atom stereocenters. The summed E-state index contributed by atoms with van der Waals surface area (Å²) in [5.41, 5.74) is 0.924. The van der Waals surface area contributed by atoms with Gasteiger partial charge in [-0.3, -0.25) is 0 Å². The van der Waals surface area contributed by atoms with Crippen molar-refractivity contribution >= 4 is 32.9 Å². The van der Waals surface area contributed by atoms with Crippen LogP contribution in [0.2, 0.25) is 0 Å². The van der Waals surface area contributed by atoms with Crippen molar-refractivity contribution in [2.24, 2.45) is 0 Å². The molecule has 3 nitrogen and oxygen atoms in total. The molecule has 0 aliphatic carbocycles. The summed E-state index contributed by atoms with van der Waals surface area (Å²) in [7, 11) is 3.26. The Balaban J connectivity index is 2.75. The fraction of sp³-hybridized carbons (Fsp3) is 0.182. The Morgan fingerprint density at radius 2 is 1.80 bits per heavy atom.